The molecule has 0 saturated carbocycles. The van der Waals surface area contributed by atoms with Crippen LogP contribution in [0, 0.1) is 0 Å². The number of aliphatic hydroxyl groups is 1. The summed E-state index contributed by atoms with van der Waals surface area (Å²) in [7, 11) is -3.40. The average molecular weight is 269 g/mol. The van der Waals surface area contributed by atoms with Crippen molar-refractivity contribution in [1.29, 1.82) is 0 Å². The highest BCUT2D eigenvalue weighted by molar-refractivity contribution is 7.91. The molecule has 0 aliphatic rings. The van der Waals surface area contributed by atoms with Gasteiger partial charge in [-0.2, -0.15) is 0 Å². The van der Waals surface area contributed by atoms with Crippen molar-refractivity contribution < 1.29 is 13.5 Å². The molecule has 0 unspecified atom stereocenters. The van der Waals surface area contributed by atoms with E-state index in [4.69, 9.17) is 28.3 Å². The van der Waals surface area contributed by atoms with Gasteiger partial charge in [0.05, 0.1) is 10.6 Å². The number of hydrogen-bond acceptors (Lipinski definition) is 3. The minimum absolute atomic E-state index is 0.0912. The standard InChI is InChI=1S/C9H10Cl2O3S/c10-7-4-8(11)6-9(5-7)15(13,14)3-1-2-12/h4-6,12H,1-3H2. The van der Waals surface area contributed by atoms with E-state index >= 15 is 0 Å². The molecule has 0 amide bonds. The lowest BCUT2D eigenvalue weighted by atomic mass is 10.4. The van der Waals surface area contributed by atoms with E-state index in [0.717, 1.165) is 0 Å². The molecular weight excluding hydrogens is 259 g/mol. The second-order valence-corrected chi connectivity index (χ2v) is 5.98. The number of rotatable bonds is 4. The summed E-state index contributed by atoms with van der Waals surface area (Å²) in [4.78, 5) is 0.0912. The Kier molecular flexibility index (Phi) is 4.40. The van der Waals surface area contributed by atoms with Gasteiger partial charge in [-0.05, 0) is 24.6 Å². The van der Waals surface area contributed by atoms with E-state index in [1.54, 1.807) is 0 Å². The Morgan fingerprint density at radius 2 is 1.67 bits per heavy atom. The van der Waals surface area contributed by atoms with Gasteiger partial charge in [0, 0.05) is 16.7 Å². The second-order valence-electron chi connectivity index (χ2n) is 3.00. The number of hydrogen-bond donors (Lipinski definition) is 1. The maximum Gasteiger partial charge on any atom is 0.178 e. The van der Waals surface area contributed by atoms with Gasteiger partial charge < -0.3 is 5.11 Å². The van der Waals surface area contributed by atoms with Crippen LogP contribution in [0.5, 0.6) is 0 Å². The van der Waals surface area contributed by atoms with Crippen LogP contribution in [0.25, 0.3) is 0 Å². The largest absolute Gasteiger partial charge is 0.396 e. The molecule has 0 aromatic heterocycles. The topological polar surface area (TPSA) is 54.4 Å². The summed E-state index contributed by atoms with van der Waals surface area (Å²) in [5.41, 5.74) is 0. The molecule has 84 valence electrons. The van der Waals surface area contributed by atoms with Crippen LogP contribution >= 0.6 is 23.2 Å². The quantitative estimate of drug-likeness (QED) is 0.911. The van der Waals surface area contributed by atoms with Crippen molar-refractivity contribution in [2.24, 2.45) is 0 Å². The molecule has 0 bridgehead atoms. The summed E-state index contributed by atoms with van der Waals surface area (Å²) in [6.45, 7) is -0.159. The molecule has 3 nitrogen and oxygen atoms in total. The number of sulfone groups is 1. The van der Waals surface area contributed by atoms with Crippen LogP contribution < -0.4 is 0 Å². The Labute approximate surface area is 98.6 Å². The second kappa shape index (κ2) is 5.16. The molecule has 0 radical (unpaired) electrons. The fraction of sp³-hybridized carbons (Fsp3) is 0.333. The molecule has 0 heterocycles. The summed E-state index contributed by atoms with van der Waals surface area (Å²) in [6, 6.07) is 4.16. The Morgan fingerprint density at radius 1 is 1.13 bits per heavy atom. The predicted molar refractivity (Wildman–Crippen MR) is 60.2 cm³/mol. The Bertz CT molecular complexity index is 422. The molecule has 0 aliphatic carbocycles. The van der Waals surface area contributed by atoms with Gasteiger partial charge in [-0.3, -0.25) is 0 Å². The lowest BCUT2D eigenvalue weighted by Crippen LogP contribution is -2.08. The zero-order valence-corrected chi connectivity index (χ0v) is 10.1. The molecule has 15 heavy (non-hydrogen) atoms. The molecule has 0 spiro atoms. The lowest BCUT2D eigenvalue weighted by Gasteiger charge is -2.04. The minimum Gasteiger partial charge on any atom is -0.396 e. The van der Waals surface area contributed by atoms with Gasteiger partial charge in [0.1, 0.15) is 0 Å². The van der Waals surface area contributed by atoms with Gasteiger partial charge in [0.2, 0.25) is 0 Å². The smallest absolute Gasteiger partial charge is 0.178 e. The molecule has 1 rings (SSSR count). The van der Waals surface area contributed by atoms with Crippen LogP contribution in [0.2, 0.25) is 10.0 Å². The molecule has 0 fully saturated rings. The molecule has 1 aromatic rings. The van der Waals surface area contributed by atoms with E-state index < -0.39 is 9.84 Å². The first kappa shape index (κ1) is 12.8. The molecular formula is C9H10Cl2O3S. The van der Waals surface area contributed by atoms with E-state index in [2.05, 4.69) is 0 Å². The van der Waals surface area contributed by atoms with E-state index in [1.807, 2.05) is 0 Å². The fourth-order valence-corrected chi connectivity index (χ4v) is 3.09. The summed E-state index contributed by atoms with van der Waals surface area (Å²) >= 11 is 11.4. The van der Waals surface area contributed by atoms with E-state index in [-0.39, 0.29) is 33.7 Å². The number of halogens is 2. The molecule has 0 aliphatic heterocycles. The highest BCUT2D eigenvalue weighted by Gasteiger charge is 2.15. The molecule has 1 N–H and O–H groups in total. The zero-order chi connectivity index (χ0) is 11.5. The maximum absolute atomic E-state index is 11.7. The zero-order valence-electron chi connectivity index (χ0n) is 7.78. The first-order valence-corrected chi connectivity index (χ1v) is 6.66. The first-order chi connectivity index (χ1) is 6.95. The fourth-order valence-electron chi connectivity index (χ4n) is 1.08. The lowest BCUT2D eigenvalue weighted by molar-refractivity contribution is 0.295. The highest BCUT2D eigenvalue weighted by atomic mass is 35.5. The summed E-state index contributed by atoms with van der Waals surface area (Å²) in [5, 5.41) is 9.13. The monoisotopic (exact) mass is 268 g/mol. The van der Waals surface area contributed by atoms with Crippen LogP contribution in [0.15, 0.2) is 23.1 Å². The third-order valence-electron chi connectivity index (χ3n) is 1.77. The van der Waals surface area contributed by atoms with Gasteiger partial charge >= 0.3 is 0 Å². The van der Waals surface area contributed by atoms with Gasteiger partial charge in [0.15, 0.2) is 9.84 Å². The normalized spacial score (nSPS) is 11.7. The van der Waals surface area contributed by atoms with E-state index in [1.165, 1.54) is 18.2 Å². The number of benzene rings is 1. The van der Waals surface area contributed by atoms with Crippen molar-refractivity contribution in [3.8, 4) is 0 Å². The van der Waals surface area contributed by atoms with Gasteiger partial charge in [-0.15, -0.1) is 0 Å². The SMILES string of the molecule is O=S(=O)(CCCO)c1cc(Cl)cc(Cl)c1. The van der Waals surface area contributed by atoms with Crippen LogP contribution in [0.3, 0.4) is 0 Å². The van der Waals surface area contributed by atoms with Crippen molar-refractivity contribution in [2.45, 2.75) is 11.3 Å². The highest BCUT2D eigenvalue weighted by Crippen LogP contribution is 2.23. The third kappa shape index (κ3) is 3.65. The van der Waals surface area contributed by atoms with Gasteiger partial charge in [0.25, 0.3) is 0 Å². The van der Waals surface area contributed by atoms with E-state index in [0.29, 0.717) is 0 Å². The van der Waals surface area contributed by atoms with Crippen LogP contribution in [-0.2, 0) is 9.84 Å². The van der Waals surface area contributed by atoms with Crippen molar-refractivity contribution in [3.63, 3.8) is 0 Å². The average Bonchev–Trinajstić information content (AvgIpc) is 2.13. The van der Waals surface area contributed by atoms with Crippen molar-refractivity contribution >= 4 is 33.0 Å². The molecule has 1 aromatic carbocycles. The Balaban J connectivity index is 3.04. The molecule has 6 heteroatoms. The first-order valence-electron chi connectivity index (χ1n) is 4.25. The van der Waals surface area contributed by atoms with Crippen LogP contribution in [0.4, 0.5) is 0 Å². The third-order valence-corrected chi connectivity index (χ3v) is 3.98. The number of aliphatic hydroxyl groups excluding tert-OH is 1. The van der Waals surface area contributed by atoms with Crippen LogP contribution in [-0.4, -0.2) is 25.9 Å². The minimum atomic E-state index is -3.40. The van der Waals surface area contributed by atoms with Gasteiger partial charge in [-0.25, -0.2) is 8.42 Å². The maximum atomic E-state index is 11.7. The molecule has 0 atom stereocenters. The summed E-state index contributed by atoms with van der Waals surface area (Å²) in [6.07, 6.45) is 0.201. The van der Waals surface area contributed by atoms with E-state index in [9.17, 15) is 8.42 Å². The van der Waals surface area contributed by atoms with Crippen molar-refractivity contribution in [1.82, 2.24) is 0 Å². The van der Waals surface area contributed by atoms with Gasteiger partial charge in [-0.1, -0.05) is 23.2 Å². The van der Waals surface area contributed by atoms with Crippen molar-refractivity contribution in [3.05, 3.63) is 28.2 Å². The summed E-state index contributed by atoms with van der Waals surface area (Å²) in [5.74, 6) is -0.111. The summed E-state index contributed by atoms with van der Waals surface area (Å²) < 4.78 is 23.3. The molecule has 0 saturated heterocycles. The van der Waals surface area contributed by atoms with Crippen molar-refractivity contribution in [2.75, 3.05) is 12.4 Å². The van der Waals surface area contributed by atoms with Crippen LogP contribution in [0.1, 0.15) is 6.42 Å². The Hall–Kier alpha value is -0.290. The Morgan fingerprint density at radius 3 is 2.13 bits per heavy atom. The predicted octanol–water partition coefficient (Wildman–Crippen LogP) is 2.15.